The van der Waals surface area contributed by atoms with Gasteiger partial charge < -0.3 is 9.67 Å². The number of carboxylic acid groups (broad SMARTS) is 1. The lowest BCUT2D eigenvalue weighted by Crippen LogP contribution is -2.34. The van der Waals surface area contributed by atoms with Gasteiger partial charge in [0.1, 0.15) is 11.9 Å². The summed E-state index contributed by atoms with van der Waals surface area (Å²) in [6.07, 6.45) is 2.85. The maximum Gasteiger partial charge on any atom is 0.326 e. The van der Waals surface area contributed by atoms with Gasteiger partial charge >= 0.3 is 5.97 Å². The molecule has 3 rings (SSSR count). The van der Waals surface area contributed by atoms with Crippen LogP contribution in [0.25, 0.3) is 0 Å². The summed E-state index contributed by atoms with van der Waals surface area (Å²) in [6.45, 7) is 0.578. The molecule has 0 bridgehead atoms. The van der Waals surface area contributed by atoms with Gasteiger partial charge in [-0.1, -0.05) is 30.3 Å². The minimum absolute atomic E-state index is 0.0159. The van der Waals surface area contributed by atoms with E-state index in [9.17, 15) is 18.3 Å². The molecule has 2 aromatic rings. The van der Waals surface area contributed by atoms with E-state index >= 15 is 0 Å². The summed E-state index contributed by atoms with van der Waals surface area (Å²) in [5, 5.41) is 9.35. The average molecular weight is 321 g/mol. The second-order valence-electron chi connectivity index (χ2n) is 5.07. The molecule has 0 unspecified atom stereocenters. The molecular formula is C14H15N3O4S. The highest BCUT2D eigenvalue weighted by Crippen LogP contribution is 2.22. The zero-order valence-electron chi connectivity index (χ0n) is 11.6. The molecule has 1 aliphatic heterocycles. The minimum Gasteiger partial charge on any atom is -0.480 e. The Morgan fingerprint density at radius 3 is 2.73 bits per heavy atom. The van der Waals surface area contributed by atoms with Gasteiger partial charge in [-0.15, -0.1) is 0 Å². The van der Waals surface area contributed by atoms with Gasteiger partial charge in [0.2, 0.25) is 0 Å². The number of aliphatic carboxylic acids is 1. The van der Waals surface area contributed by atoms with Crippen LogP contribution >= 0.6 is 0 Å². The van der Waals surface area contributed by atoms with Crippen molar-refractivity contribution in [1.29, 1.82) is 0 Å². The monoisotopic (exact) mass is 321 g/mol. The lowest BCUT2D eigenvalue weighted by Gasteiger charge is -2.15. The van der Waals surface area contributed by atoms with E-state index in [1.54, 1.807) is 34.9 Å². The lowest BCUT2D eigenvalue weighted by molar-refractivity contribution is -0.139. The highest BCUT2D eigenvalue weighted by atomic mass is 32.2. The van der Waals surface area contributed by atoms with Crippen molar-refractivity contribution in [2.24, 2.45) is 0 Å². The van der Waals surface area contributed by atoms with Gasteiger partial charge in [-0.05, 0) is 12.0 Å². The predicted octanol–water partition coefficient (Wildman–Crippen LogP) is 0.933. The molecule has 1 atom stereocenters. The predicted molar refractivity (Wildman–Crippen MR) is 77.7 cm³/mol. The van der Waals surface area contributed by atoms with E-state index in [1.165, 1.54) is 6.20 Å². The van der Waals surface area contributed by atoms with Gasteiger partial charge in [-0.25, -0.2) is 13.4 Å². The quantitative estimate of drug-likeness (QED) is 0.853. The summed E-state index contributed by atoms with van der Waals surface area (Å²) in [7, 11) is -3.96. The number of benzene rings is 1. The summed E-state index contributed by atoms with van der Waals surface area (Å²) >= 11 is 0. The second kappa shape index (κ2) is 5.54. The third kappa shape index (κ3) is 2.62. The van der Waals surface area contributed by atoms with E-state index in [0.717, 1.165) is 12.8 Å². The van der Waals surface area contributed by atoms with Crippen molar-refractivity contribution in [3.05, 3.63) is 47.9 Å². The standard InChI is InChI=1S/C14H15N3O4S/c18-14(19)13(10-5-2-1-3-6-10)16-22(20,21)12-9-15-11-7-4-8-17(11)12/h1-3,5-6,9,13,16H,4,7-8H2,(H,18,19)/t13-/m1/s1. The molecule has 0 radical (unpaired) electrons. The van der Waals surface area contributed by atoms with E-state index in [4.69, 9.17) is 0 Å². The fourth-order valence-corrected chi connectivity index (χ4v) is 3.91. The number of imidazole rings is 1. The number of carbonyl (C=O) groups is 1. The Morgan fingerprint density at radius 2 is 2.05 bits per heavy atom. The summed E-state index contributed by atoms with van der Waals surface area (Å²) in [6, 6.07) is 6.87. The van der Waals surface area contributed by atoms with Gasteiger partial charge in [0.25, 0.3) is 10.0 Å². The van der Waals surface area contributed by atoms with Gasteiger partial charge in [-0.2, -0.15) is 4.72 Å². The van der Waals surface area contributed by atoms with Crippen LogP contribution in [0.15, 0.2) is 41.6 Å². The maximum absolute atomic E-state index is 12.5. The van der Waals surface area contributed by atoms with E-state index in [1.807, 2.05) is 0 Å². The number of nitrogens with one attached hydrogen (secondary N) is 1. The van der Waals surface area contributed by atoms with E-state index in [-0.39, 0.29) is 5.03 Å². The topological polar surface area (TPSA) is 101 Å². The molecular weight excluding hydrogens is 306 g/mol. The number of nitrogens with zero attached hydrogens (tertiary/aromatic N) is 2. The highest BCUT2D eigenvalue weighted by Gasteiger charge is 2.30. The number of carboxylic acids is 1. The molecule has 0 saturated carbocycles. The third-order valence-corrected chi connectivity index (χ3v) is 5.03. The number of hydrogen-bond donors (Lipinski definition) is 2. The number of hydrogen-bond acceptors (Lipinski definition) is 4. The maximum atomic E-state index is 12.5. The van der Waals surface area contributed by atoms with E-state index in [2.05, 4.69) is 9.71 Å². The van der Waals surface area contributed by atoms with Crippen LogP contribution in [0.1, 0.15) is 23.9 Å². The van der Waals surface area contributed by atoms with Gasteiger partial charge in [0.05, 0.1) is 6.20 Å². The Kier molecular flexibility index (Phi) is 3.71. The largest absolute Gasteiger partial charge is 0.480 e. The Labute approximate surface area is 127 Å². The van der Waals surface area contributed by atoms with Crippen LogP contribution in [0.2, 0.25) is 0 Å². The van der Waals surface area contributed by atoms with Crippen LogP contribution in [-0.4, -0.2) is 29.0 Å². The fraction of sp³-hybridized carbons (Fsp3) is 0.286. The molecule has 0 fully saturated rings. The van der Waals surface area contributed by atoms with Crippen LogP contribution in [-0.2, 0) is 27.8 Å². The molecule has 7 nitrogen and oxygen atoms in total. The normalized spacial score (nSPS) is 15.5. The first-order valence-corrected chi connectivity index (χ1v) is 8.32. The molecule has 1 aliphatic rings. The first-order valence-electron chi connectivity index (χ1n) is 6.83. The lowest BCUT2D eigenvalue weighted by atomic mass is 10.1. The van der Waals surface area contributed by atoms with Gasteiger partial charge in [-0.3, -0.25) is 4.79 Å². The van der Waals surface area contributed by atoms with Crippen LogP contribution in [0.3, 0.4) is 0 Å². The number of aromatic nitrogens is 2. The number of sulfonamides is 1. The Morgan fingerprint density at radius 1 is 1.32 bits per heavy atom. The van der Waals surface area contributed by atoms with E-state index < -0.39 is 22.0 Å². The van der Waals surface area contributed by atoms with Crippen molar-refractivity contribution >= 4 is 16.0 Å². The van der Waals surface area contributed by atoms with Crippen molar-refractivity contribution < 1.29 is 18.3 Å². The first-order chi connectivity index (χ1) is 10.5. The van der Waals surface area contributed by atoms with Crippen LogP contribution in [0.5, 0.6) is 0 Å². The van der Waals surface area contributed by atoms with Crippen molar-refractivity contribution in [2.75, 3.05) is 0 Å². The molecule has 0 amide bonds. The summed E-state index contributed by atoms with van der Waals surface area (Å²) < 4.78 is 28.9. The number of aryl methyl sites for hydroxylation is 1. The smallest absolute Gasteiger partial charge is 0.326 e. The fourth-order valence-electron chi connectivity index (χ4n) is 2.57. The molecule has 8 heteroatoms. The second-order valence-corrected chi connectivity index (χ2v) is 6.73. The Hall–Kier alpha value is -2.19. The molecule has 0 saturated heterocycles. The summed E-state index contributed by atoms with van der Waals surface area (Å²) in [5.41, 5.74) is 0.375. The van der Waals surface area contributed by atoms with Crippen molar-refractivity contribution in [2.45, 2.75) is 30.5 Å². The minimum atomic E-state index is -3.96. The summed E-state index contributed by atoms with van der Waals surface area (Å²) in [5.74, 6) is -0.539. The summed E-state index contributed by atoms with van der Waals surface area (Å²) in [4.78, 5) is 15.5. The Balaban J connectivity index is 1.94. The zero-order valence-corrected chi connectivity index (χ0v) is 12.5. The first kappa shape index (κ1) is 14.7. The number of fused-ring (bicyclic) bond motifs is 1. The van der Waals surface area contributed by atoms with Crippen molar-refractivity contribution in [1.82, 2.24) is 14.3 Å². The molecule has 2 heterocycles. The molecule has 2 N–H and O–H groups in total. The highest BCUT2D eigenvalue weighted by molar-refractivity contribution is 7.89. The molecule has 1 aromatic carbocycles. The molecule has 0 spiro atoms. The average Bonchev–Trinajstić information content (AvgIpc) is 3.08. The SMILES string of the molecule is O=C(O)[C@H](NS(=O)(=O)c1cnc2n1CCC2)c1ccccc1. The molecule has 22 heavy (non-hydrogen) atoms. The van der Waals surface area contributed by atoms with E-state index in [0.29, 0.717) is 17.9 Å². The van der Waals surface area contributed by atoms with Crippen LogP contribution < -0.4 is 4.72 Å². The van der Waals surface area contributed by atoms with Gasteiger partial charge in [0, 0.05) is 13.0 Å². The van der Waals surface area contributed by atoms with Crippen molar-refractivity contribution in [3.8, 4) is 0 Å². The van der Waals surface area contributed by atoms with Gasteiger partial charge in [0.15, 0.2) is 5.03 Å². The number of rotatable bonds is 5. The van der Waals surface area contributed by atoms with Crippen molar-refractivity contribution in [3.63, 3.8) is 0 Å². The Bertz CT molecular complexity index is 799. The molecule has 116 valence electrons. The zero-order chi connectivity index (χ0) is 15.7. The van der Waals surface area contributed by atoms with Crippen LogP contribution in [0, 0.1) is 0 Å². The molecule has 1 aromatic heterocycles. The van der Waals surface area contributed by atoms with Crippen LogP contribution in [0.4, 0.5) is 0 Å². The third-order valence-electron chi connectivity index (χ3n) is 3.61. The molecule has 0 aliphatic carbocycles.